The standard InChI is InChI=1S/C14H21N3O2S/c1-15-20(18,19)14-7-3-2-5-12(14)16-11-8-10-17-9-4-6-13(11)17/h2-3,5,7,11,13,15-16H,4,6,8-10H2,1H3. The molecule has 0 spiro atoms. The van der Waals surface area contributed by atoms with Gasteiger partial charge in [0, 0.05) is 18.6 Å². The molecule has 2 heterocycles. The molecule has 0 saturated carbocycles. The molecule has 0 aliphatic carbocycles. The normalized spacial score (nSPS) is 26.6. The van der Waals surface area contributed by atoms with Crippen molar-refractivity contribution in [3.05, 3.63) is 24.3 Å². The van der Waals surface area contributed by atoms with Crippen LogP contribution in [-0.2, 0) is 10.0 Å². The monoisotopic (exact) mass is 295 g/mol. The van der Waals surface area contributed by atoms with Crippen molar-refractivity contribution in [3.63, 3.8) is 0 Å². The molecule has 2 atom stereocenters. The first-order valence-corrected chi connectivity index (χ1v) is 8.63. The van der Waals surface area contributed by atoms with Crippen LogP contribution in [0.1, 0.15) is 19.3 Å². The molecule has 0 bridgehead atoms. The van der Waals surface area contributed by atoms with Gasteiger partial charge in [-0.1, -0.05) is 12.1 Å². The van der Waals surface area contributed by atoms with Gasteiger partial charge in [0.05, 0.1) is 5.69 Å². The topological polar surface area (TPSA) is 61.4 Å². The van der Waals surface area contributed by atoms with Crippen LogP contribution in [0.4, 0.5) is 5.69 Å². The summed E-state index contributed by atoms with van der Waals surface area (Å²) in [5, 5.41) is 3.46. The Morgan fingerprint density at radius 3 is 2.80 bits per heavy atom. The number of benzene rings is 1. The first kappa shape index (κ1) is 13.9. The number of rotatable bonds is 4. The van der Waals surface area contributed by atoms with E-state index in [4.69, 9.17) is 0 Å². The summed E-state index contributed by atoms with van der Waals surface area (Å²) in [4.78, 5) is 2.84. The Hall–Kier alpha value is -1.11. The fraction of sp³-hybridized carbons (Fsp3) is 0.571. The van der Waals surface area contributed by atoms with Crippen LogP contribution >= 0.6 is 0 Å². The third-order valence-electron chi connectivity index (χ3n) is 4.39. The van der Waals surface area contributed by atoms with Crippen LogP contribution in [0.3, 0.4) is 0 Å². The van der Waals surface area contributed by atoms with Crippen LogP contribution in [0.15, 0.2) is 29.2 Å². The van der Waals surface area contributed by atoms with Crippen LogP contribution in [0.2, 0.25) is 0 Å². The Bertz CT molecular complexity index is 588. The number of nitrogens with zero attached hydrogens (tertiary/aromatic N) is 1. The third-order valence-corrected chi connectivity index (χ3v) is 5.86. The summed E-state index contributed by atoms with van der Waals surface area (Å²) < 4.78 is 26.5. The second-order valence-corrected chi connectivity index (χ2v) is 7.34. The quantitative estimate of drug-likeness (QED) is 0.877. The maximum atomic E-state index is 12.1. The summed E-state index contributed by atoms with van der Waals surface area (Å²) in [5.74, 6) is 0. The Labute approximate surface area is 120 Å². The van der Waals surface area contributed by atoms with Crippen molar-refractivity contribution >= 4 is 15.7 Å². The molecule has 0 amide bonds. The van der Waals surface area contributed by atoms with Gasteiger partial charge in [-0.3, -0.25) is 4.90 Å². The van der Waals surface area contributed by atoms with E-state index >= 15 is 0 Å². The summed E-state index contributed by atoms with van der Waals surface area (Å²) >= 11 is 0. The van der Waals surface area contributed by atoms with Crippen LogP contribution in [0.5, 0.6) is 0 Å². The Balaban J connectivity index is 1.85. The first-order chi connectivity index (χ1) is 9.62. The molecule has 2 unspecified atom stereocenters. The fourth-order valence-corrected chi connectivity index (χ4v) is 4.27. The first-order valence-electron chi connectivity index (χ1n) is 7.15. The lowest BCUT2D eigenvalue weighted by molar-refractivity contribution is 0.318. The molecular weight excluding hydrogens is 274 g/mol. The average Bonchev–Trinajstić information content (AvgIpc) is 3.04. The Morgan fingerprint density at radius 2 is 2.00 bits per heavy atom. The second kappa shape index (κ2) is 5.35. The molecule has 0 radical (unpaired) electrons. The van der Waals surface area contributed by atoms with Crippen LogP contribution in [-0.4, -0.2) is 45.5 Å². The summed E-state index contributed by atoms with van der Waals surface area (Å²) in [5.41, 5.74) is 0.709. The van der Waals surface area contributed by atoms with Gasteiger partial charge in [-0.2, -0.15) is 0 Å². The predicted octanol–water partition coefficient (Wildman–Crippen LogP) is 1.24. The van der Waals surface area contributed by atoms with Crippen molar-refractivity contribution in [2.75, 3.05) is 25.5 Å². The van der Waals surface area contributed by atoms with Crippen LogP contribution in [0, 0.1) is 0 Å². The smallest absolute Gasteiger partial charge is 0.242 e. The lowest BCUT2D eigenvalue weighted by Crippen LogP contribution is -2.34. The van der Waals surface area contributed by atoms with Crippen molar-refractivity contribution in [2.45, 2.75) is 36.2 Å². The largest absolute Gasteiger partial charge is 0.380 e. The van der Waals surface area contributed by atoms with Gasteiger partial charge in [-0.25, -0.2) is 13.1 Å². The van der Waals surface area contributed by atoms with Crippen LogP contribution < -0.4 is 10.0 Å². The van der Waals surface area contributed by atoms with E-state index < -0.39 is 10.0 Å². The molecule has 3 rings (SSSR count). The molecule has 110 valence electrons. The van der Waals surface area contributed by atoms with Crippen molar-refractivity contribution in [2.24, 2.45) is 0 Å². The van der Waals surface area contributed by atoms with Gasteiger partial charge in [-0.05, 0) is 45.0 Å². The summed E-state index contributed by atoms with van der Waals surface area (Å²) in [7, 11) is -1.97. The number of hydrogen-bond acceptors (Lipinski definition) is 4. The maximum Gasteiger partial charge on any atom is 0.242 e. The van der Waals surface area contributed by atoms with Gasteiger partial charge >= 0.3 is 0 Å². The van der Waals surface area contributed by atoms with Gasteiger partial charge in [0.2, 0.25) is 10.0 Å². The third kappa shape index (κ3) is 2.43. The number of sulfonamides is 1. The molecule has 2 fully saturated rings. The highest BCUT2D eigenvalue weighted by molar-refractivity contribution is 7.89. The zero-order valence-electron chi connectivity index (χ0n) is 11.7. The Kier molecular flexibility index (Phi) is 3.70. The van der Waals surface area contributed by atoms with Gasteiger partial charge in [-0.15, -0.1) is 0 Å². The van der Waals surface area contributed by atoms with Gasteiger partial charge in [0.25, 0.3) is 0 Å². The minimum absolute atomic E-state index is 0.332. The molecule has 0 aromatic heterocycles. The molecule has 1 aromatic carbocycles. The molecule has 2 saturated heterocycles. The second-order valence-electron chi connectivity index (χ2n) is 5.49. The zero-order valence-corrected chi connectivity index (χ0v) is 12.5. The number of para-hydroxylation sites is 1. The van der Waals surface area contributed by atoms with Gasteiger partial charge in [0.15, 0.2) is 0 Å². The fourth-order valence-electron chi connectivity index (χ4n) is 3.38. The van der Waals surface area contributed by atoms with E-state index in [-0.39, 0.29) is 0 Å². The average molecular weight is 295 g/mol. The highest BCUT2D eigenvalue weighted by atomic mass is 32.2. The molecule has 20 heavy (non-hydrogen) atoms. The molecule has 1 aromatic rings. The molecular formula is C14H21N3O2S. The number of anilines is 1. The summed E-state index contributed by atoms with van der Waals surface area (Å²) in [6.45, 7) is 2.29. The van der Waals surface area contributed by atoms with E-state index in [9.17, 15) is 8.42 Å². The highest BCUT2D eigenvalue weighted by Crippen LogP contribution is 2.31. The van der Waals surface area contributed by atoms with E-state index in [1.54, 1.807) is 12.1 Å². The summed E-state index contributed by atoms with van der Waals surface area (Å²) in [6, 6.07) is 8.04. The van der Waals surface area contributed by atoms with Crippen molar-refractivity contribution < 1.29 is 8.42 Å². The number of hydrogen-bond donors (Lipinski definition) is 2. The van der Waals surface area contributed by atoms with Crippen LogP contribution in [0.25, 0.3) is 0 Å². The molecule has 2 aliphatic rings. The number of nitrogens with one attached hydrogen (secondary N) is 2. The van der Waals surface area contributed by atoms with E-state index in [2.05, 4.69) is 14.9 Å². The van der Waals surface area contributed by atoms with Crippen molar-refractivity contribution in [3.8, 4) is 0 Å². The zero-order chi connectivity index (χ0) is 14.2. The summed E-state index contributed by atoms with van der Waals surface area (Å²) in [6.07, 6.45) is 3.54. The maximum absolute atomic E-state index is 12.1. The Morgan fingerprint density at radius 1 is 1.20 bits per heavy atom. The van der Waals surface area contributed by atoms with E-state index in [1.165, 1.54) is 26.4 Å². The van der Waals surface area contributed by atoms with Crippen molar-refractivity contribution in [1.82, 2.24) is 9.62 Å². The lowest BCUT2D eigenvalue weighted by Gasteiger charge is -2.23. The number of fused-ring (bicyclic) bond motifs is 1. The van der Waals surface area contributed by atoms with E-state index in [0.717, 1.165) is 13.0 Å². The highest BCUT2D eigenvalue weighted by Gasteiger charge is 2.37. The van der Waals surface area contributed by atoms with Gasteiger partial charge < -0.3 is 5.32 Å². The molecule has 5 nitrogen and oxygen atoms in total. The predicted molar refractivity (Wildman–Crippen MR) is 79.3 cm³/mol. The molecule has 2 N–H and O–H groups in total. The minimum Gasteiger partial charge on any atom is -0.380 e. The minimum atomic E-state index is -3.42. The van der Waals surface area contributed by atoms with Crippen molar-refractivity contribution in [1.29, 1.82) is 0 Å². The molecule has 6 heteroatoms. The SMILES string of the molecule is CNS(=O)(=O)c1ccccc1NC1CCN2CCCC12. The van der Waals surface area contributed by atoms with E-state index in [0.29, 0.717) is 22.7 Å². The van der Waals surface area contributed by atoms with E-state index in [1.807, 2.05) is 12.1 Å². The van der Waals surface area contributed by atoms with Gasteiger partial charge in [0.1, 0.15) is 4.90 Å². The lowest BCUT2D eigenvalue weighted by atomic mass is 10.1. The molecule has 2 aliphatic heterocycles.